The normalized spacial score (nSPS) is 22.6. The van der Waals surface area contributed by atoms with Crippen molar-refractivity contribution in [2.75, 3.05) is 12.9 Å². The van der Waals surface area contributed by atoms with E-state index in [2.05, 4.69) is 20.1 Å². The van der Waals surface area contributed by atoms with E-state index in [0.29, 0.717) is 28.2 Å². The minimum Gasteiger partial charge on any atom is -0.504 e. The van der Waals surface area contributed by atoms with Crippen molar-refractivity contribution in [3.63, 3.8) is 0 Å². The number of fused-ring (bicyclic) bond motifs is 1. The van der Waals surface area contributed by atoms with Crippen LogP contribution in [0.15, 0.2) is 60.0 Å². The molecule has 10 nitrogen and oxygen atoms in total. The summed E-state index contributed by atoms with van der Waals surface area (Å²) in [6, 6.07) is 12.2. The summed E-state index contributed by atoms with van der Waals surface area (Å²) in [4.78, 5) is 22.6. The number of nitrogens with zero attached hydrogens (tertiary/aromatic N) is 2. The Kier molecular flexibility index (Phi) is 6.33. The molecule has 2 aromatic carbocycles. The molecule has 3 heterocycles. The Bertz CT molecular complexity index is 1450. The van der Waals surface area contributed by atoms with Gasteiger partial charge < -0.3 is 35.2 Å². The van der Waals surface area contributed by atoms with Gasteiger partial charge in [0.1, 0.15) is 10.6 Å². The summed E-state index contributed by atoms with van der Waals surface area (Å²) >= 11 is 2.83. The fourth-order valence-electron chi connectivity index (χ4n) is 4.50. The van der Waals surface area contributed by atoms with Gasteiger partial charge >= 0.3 is 5.97 Å². The molecular formula is C24H22N4O6S2. The topological polar surface area (TPSA) is 164 Å². The molecule has 3 unspecified atom stereocenters. The van der Waals surface area contributed by atoms with Crippen LogP contribution in [-0.2, 0) is 9.54 Å². The molecule has 6 N–H and O–H groups in total. The molecule has 1 aliphatic rings. The number of para-hydroxylation sites is 1. The predicted molar refractivity (Wildman–Crippen MR) is 137 cm³/mol. The van der Waals surface area contributed by atoms with Crippen LogP contribution in [0.2, 0.25) is 0 Å². The Morgan fingerprint density at radius 3 is 2.78 bits per heavy atom. The highest BCUT2D eigenvalue weighted by atomic mass is 32.2. The first-order chi connectivity index (χ1) is 17.4. The lowest BCUT2D eigenvalue weighted by Crippen LogP contribution is -2.43. The van der Waals surface area contributed by atoms with Crippen molar-refractivity contribution < 1.29 is 30.1 Å². The monoisotopic (exact) mass is 526 g/mol. The van der Waals surface area contributed by atoms with Crippen LogP contribution in [-0.4, -0.2) is 66.1 Å². The molecular weight excluding hydrogens is 504 g/mol. The van der Waals surface area contributed by atoms with Gasteiger partial charge in [-0.25, -0.2) is 9.78 Å². The molecule has 1 saturated heterocycles. The van der Waals surface area contributed by atoms with Gasteiger partial charge in [0.25, 0.3) is 0 Å². The molecule has 0 saturated carbocycles. The van der Waals surface area contributed by atoms with Gasteiger partial charge in [0.05, 0.1) is 23.5 Å². The zero-order valence-electron chi connectivity index (χ0n) is 18.9. The Morgan fingerprint density at radius 1 is 1.28 bits per heavy atom. The quantitative estimate of drug-likeness (QED) is 0.125. The SMILES string of the molecule is COc1cc(C2(c3ncc[nH]3)SC(c3c(C(=NO)C(=O)O)[nH]c4ccccc34)SCC2O)ccc1O. The van der Waals surface area contributed by atoms with Crippen molar-refractivity contribution in [1.29, 1.82) is 0 Å². The molecule has 1 fully saturated rings. The third-order valence-electron chi connectivity index (χ3n) is 6.15. The zero-order chi connectivity index (χ0) is 25.4. The second-order valence-corrected chi connectivity index (χ2v) is 10.9. The van der Waals surface area contributed by atoms with E-state index in [1.54, 1.807) is 24.5 Å². The number of carboxylic acid groups (broad SMARTS) is 1. The number of H-pyrrole nitrogens is 2. The molecule has 0 aliphatic carbocycles. The average molecular weight is 527 g/mol. The van der Waals surface area contributed by atoms with Gasteiger partial charge in [0, 0.05) is 34.6 Å². The van der Waals surface area contributed by atoms with Crippen molar-refractivity contribution >= 4 is 46.1 Å². The number of phenolic OH excluding ortho intramolecular Hbond substituents is 1. The maximum atomic E-state index is 11.9. The number of nitrogens with one attached hydrogen (secondary N) is 2. The number of aromatic hydroxyl groups is 1. The molecule has 186 valence electrons. The molecule has 0 radical (unpaired) electrons. The number of aliphatic hydroxyl groups is 1. The highest BCUT2D eigenvalue weighted by Crippen LogP contribution is 2.61. The van der Waals surface area contributed by atoms with Crippen LogP contribution in [0.1, 0.15) is 27.2 Å². The standard InChI is InChI=1S/C24H22N4O6S2/c1-34-16-10-12(6-7-15(16)29)24(23-25-8-9-26-23)17(30)11-35-22(36-24)18-13-4-2-3-5-14(13)27-19(18)20(28-33)21(31)32/h2-10,17,22,27,29-30,33H,11H2,1H3,(H,25,26)(H,31,32). The summed E-state index contributed by atoms with van der Waals surface area (Å²) in [5, 5.41) is 44.7. The summed E-state index contributed by atoms with van der Waals surface area (Å²) in [6.07, 6.45) is 2.36. The number of thioether (sulfide) groups is 2. The van der Waals surface area contributed by atoms with Crippen LogP contribution in [0, 0.1) is 0 Å². The Labute approximate surface area is 213 Å². The molecule has 3 atom stereocenters. The summed E-state index contributed by atoms with van der Waals surface area (Å²) < 4.78 is 3.81. The minimum atomic E-state index is -1.38. The third-order valence-corrected chi connectivity index (χ3v) is 9.41. The highest BCUT2D eigenvalue weighted by molar-refractivity contribution is 8.17. The van der Waals surface area contributed by atoms with E-state index < -0.39 is 27.1 Å². The number of imidazole rings is 1. The summed E-state index contributed by atoms with van der Waals surface area (Å²) in [5.41, 5.74) is 1.63. The zero-order valence-corrected chi connectivity index (χ0v) is 20.5. The minimum absolute atomic E-state index is 0.0405. The average Bonchev–Trinajstić information content (AvgIpc) is 3.54. The molecule has 12 heteroatoms. The van der Waals surface area contributed by atoms with Crippen molar-refractivity contribution in [3.05, 3.63) is 77.5 Å². The van der Waals surface area contributed by atoms with E-state index in [9.17, 15) is 25.3 Å². The van der Waals surface area contributed by atoms with Crippen LogP contribution in [0.5, 0.6) is 11.5 Å². The van der Waals surface area contributed by atoms with Crippen molar-refractivity contribution in [1.82, 2.24) is 15.0 Å². The maximum absolute atomic E-state index is 11.9. The summed E-state index contributed by atoms with van der Waals surface area (Å²) in [7, 11) is 1.45. The van der Waals surface area contributed by atoms with Crippen LogP contribution < -0.4 is 4.74 Å². The number of aromatic nitrogens is 3. The van der Waals surface area contributed by atoms with Gasteiger partial charge in [0.2, 0.25) is 5.71 Å². The van der Waals surface area contributed by atoms with Crippen molar-refractivity contribution in [2.45, 2.75) is 15.4 Å². The summed E-state index contributed by atoms with van der Waals surface area (Å²) in [6.45, 7) is 0. The van der Waals surface area contributed by atoms with E-state index in [0.717, 1.165) is 5.39 Å². The number of carbonyl (C=O) groups is 1. The van der Waals surface area contributed by atoms with E-state index in [1.165, 1.54) is 36.7 Å². The number of hydrogen-bond donors (Lipinski definition) is 6. The first-order valence-corrected chi connectivity index (χ1v) is 12.7. The number of oxime groups is 1. The molecule has 0 bridgehead atoms. The number of aliphatic carboxylic acids is 1. The number of ether oxygens (including phenoxy) is 1. The number of aromatic amines is 2. The van der Waals surface area contributed by atoms with E-state index >= 15 is 0 Å². The number of rotatable bonds is 6. The molecule has 4 aromatic rings. The lowest BCUT2D eigenvalue weighted by atomic mass is 9.91. The Balaban J connectivity index is 1.72. The van der Waals surface area contributed by atoms with Gasteiger partial charge in [-0.05, 0) is 23.8 Å². The molecule has 0 spiro atoms. The molecule has 1 aliphatic heterocycles. The van der Waals surface area contributed by atoms with Crippen LogP contribution in [0.25, 0.3) is 10.9 Å². The molecule has 36 heavy (non-hydrogen) atoms. The fourth-order valence-corrected chi connectivity index (χ4v) is 8.02. The van der Waals surface area contributed by atoms with Gasteiger partial charge in [-0.15, -0.1) is 23.5 Å². The summed E-state index contributed by atoms with van der Waals surface area (Å²) in [5.74, 6) is -0.389. The smallest absolute Gasteiger partial charge is 0.360 e. The first kappa shape index (κ1) is 24.1. The molecule has 0 amide bonds. The number of methoxy groups -OCH3 is 1. The lowest BCUT2D eigenvalue weighted by molar-refractivity contribution is -0.129. The fraction of sp³-hybridized carbons (Fsp3) is 0.208. The van der Waals surface area contributed by atoms with Crippen LogP contribution in [0.3, 0.4) is 0 Å². The number of phenols is 1. The number of aliphatic hydroxyl groups excluding tert-OH is 1. The third kappa shape index (κ3) is 3.77. The number of carboxylic acids is 1. The molecule has 5 rings (SSSR count). The second kappa shape index (κ2) is 9.45. The lowest BCUT2D eigenvalue weighted by Gasteiger charge is -2.43. The van der Waals surface area contributed by atoms with E-state index in [-0.39, 0.29) is 17.2 Å². The predicted octanol–water partition coefficient (Wildman–Crippen LogP) is 3.65. The van der Waals surface area contributed by atoms with Crippen LogP contribution in [0.4, 0.5) is 0 Å². The van der Waals surface area contributed by atoms with Crippen molar-refractivity contribution in [2.24, 2.45) is 5.16 Å². The van der Waals surface area contributed by atoms with Gasteiger partial charge in [-0.3, -0.25) is 0 Å². The van der Waals surface area contributed by atoms with Gasteiger partial charge in [0.15, 0.2) is 11.5 Å². The number of benzene rings is 2. The second-order valence-electron chi connectivity index (χ2n) is 8.07. The maximum Gasteiger partial charge on any atom is 0.360 e. The Hall–Kier alpha value is -3.61. The van der Waals surface area contributed by atoms with Gasteiger partial charge in [-0.2, -0.15) is 0 Å². The number of hydrogen-bond acceptors (Lipinski definition) is 9. The molecule has 2 aromatic heterocycles. The van der Waals surface area contributed by atoms with E-state index in [4.69, 9.17) is 4.74 Å². The van der Waals surface area contributed by atoms with Gasteiger partial charge in [-0.1, -0.05) is 29.4 Å². The van der Waals surface area contributed by atoms with Crippen LogP contribution >= 0.6 is 23.5 Å². The van der Waals surface area contributed by atoms with Crippen molar-refractivity contribution in [3.8, 4) is 11.5 Å². The Morgan fingerprint density at radius 2 is 2.08 bits per heavy atom. The first-order valence-electron chi connectivity index (χ1n) is 10.8. The largest absolute Gasteiger partial charge is 0.504 e. The highest BCUT2D eigenvalue weighted by Gasteiger charge is 2.51. The van der Waals surface area contributed by atoms with E-state index in [1.807, 2.05) is 24.3 Å².